The van der Waals surface area contributed by atoms with Crippen molar-refractivity contribution in [2.24, 2.45) is 0 Å². The van der Waals surface area contributed by atoms with Gasteiger partial charge in [0.2, 0.25) is 0 Å². The Morgan fingerprint density at radius 2 is 2.36 bits per heavy atom. The number of rotatable bonds is 2. The van der Waals surface area contributed by atoms with Gasteiger partial charge in [0.1, 0.15) is 17.6 Å². The summed E-state index contributed by atoms with van der Waals surface area (Å²) in [6, 6.07) is 3.40. The molecule has 0 aliphatic carbocycles. The number of nitrogens with one attached hydrogen (secondary N) is 1. The molecule has 2 rings (SSSR count). The van der Waals surface area contributed by atoms with Crippen molar-refractivity contribution in [1.29, 1.82) is 0 Å². The number of aliphatic hydroxyl groups is 1. The van der Waals surface area contributed by atoms with E-state index < -0.39 is 6.10 Å². The molecule has 2 aromatic heterocycles. The minimum atomic E-state index is -0.887. The molecule has 0 aliphatic rings. The van der Waals surface area contributed by atoms with Gasteiger partial charge in [-0.15, -0.1) is 0 Å². The zero-order valence-electron chi connectivity index (χ0n) is 7.25. The average Bonchev–Trinajstić information content (AvgIpc) is 2.70. The second-order valence-corrected chi connectivity index (χ2v) is 2.78. The molecule has 6 heteroatoms. The standard InChI is InChI=1S/C8H9N5O/c9-8-5(2-1-3-10-8)7(14)6-4-11-13-12-6/h1-4,7,14H,(H2,9,10)(H,11,12,13). The van der Waals surface area contributed by atoms with Crippen LogP contribution in [0.1, 0.15) is 17.4 Å². The van der Waals surface area contributed by atoms with Gasteiger partial charge in [-0.2, -0.15) is 15.4 Å². The summed E-state index contributed by atoms with van der Waals surface area (Å²) in [5.74, 6) is 0.294. The summed E-state index contributed by atoms with van der Waals surface area (Å²) in [5.41, 5.74) is 6.55. The van der Waals surface area contributed by atoms with E-state index in [4.69, 9.17) is 5.73 Å². The first-order valence-electron chi connectivity index (χ1n) is 4.03. The number of nitrogens with zero attached hydrogens (tertiary/aromatic N) is 3. The van der Waals surface area contributed by atoms with Crippen molar-refractivity contribution in [1.82, 2.24) is 20.4 Å². The molecule has 72 valence electrons. The number of pyridine rings is 1. The molecule has 0 spiro atoms. The number of hydrogen-bond acceptors (Lipinski definition) is 5. The number of aliphatic hydroxyl groups excluding tert-OH is 1. The Balaban J connectivity index is 2.37. The zero-order chi connectivity index (χ0) is 9.97. The molecule has 0 bridgehead atoms. The molecule has 2 aromatic rings. The van der Waals surface area contributed by atoms with E-state index in [2.05, 4.69) is 20.4 Å². The summed E-state index contributed by atoms with van der Waals surface area (Å²) >= 11 is 0. The van der Waals surface area contributed by atoms with Crippen molar-refractivity contribution in [2.45, 2.75) is 6.10 Å². The van der Waals surface area contributed by atoms with Gasteiger partial charge in [0, 0.05) is 11.8 Å². The van der Waals surface area contributed by atoms with Crippen LogP contribution in [0.2, 0.25) is 0 Å². The molecular weight excluding hydrogens is 182 g/mol. The van der Waals surface area contributed by atoms with Gasteiger partial charge < -0.3 is 10.8 Å². The van der Waals surface area contributed by atoms with Crippen LogP contribution in [-0.2, 0) is 0 Å². The molecule has 1 unspecified atom stereocenters. The largest absolute Gasteiger partial charge is 0.383 e. The monoisotopic (exact) mass is 191 g/mol. The van der Waals surface area contributed by atoms with Crippen LogP contribution < -0.4 is 5.73 Å². The van der Waals surface area contributed by atoms with E-state index in [1.807, 2.05) is 0 Å². The van der Waals surface area contributed by atoms with Gasteiger partial charge in [-0.05, 0) is 6.07 Å². The lowest BCUT2D eigenvalue weighted by atomic mass is 10.1. The highest BCUT2D eigenvalue weighted by atomic mass is 16.3. The van der Waals surface area contributed by atoms with E-state index in [0.717, 1.165) is 0 Å². The third-order valence-corrected chi connectivity index (χ3v) is 1.88. The smallest absolute Gasteiger partial charge is 0.129 e. The van der Waals surface area contributed by atoms with Crippen molar-refractivity contribution in [3.8, 4) is 0 Å². The highest BCUT2D eigenvalue weighted by molar-refractivity contribution is 5.42. The van der Waals surface area contributed by atoms with Crippen molar-refractivity contribution < 1.29 is 5.11 Å². The van der Waals surface area contributed by atoms with E-state index >= 15 is 0 Å². The number of nitrogen functional groups attached to an aromatic ring is 1. The number of aromatic amines is 1. The molecule has 0 saturated heterocycles. The third-order valence-electron chi connectivity index (χ3n) is 1.88. The van der Waals surface area contributed by atoms with Crippen molar-refractivity contribution >= 4 is 5.82 Å². The highest BCUT2D eigenvalue weighted by Gasteiger charge is 2.15. The van der Waals surface area contributed by atoms with Crippen molar-refractivity contribution in [3.05, 3.63) is 35.8 Å². The lowest BCUT2D eigenvalue weighted by molar-refractivity contribution is 0.215. The first-order valence-corrected chi connectivity index (χ1v) is 4.03. The molecule has 4 N–H and O–H groups in total. The molecule has 0 amide bonds. The van der Waals surface area contributed by atoms with Gasteiger partial charge in [-0.3, -0.25) is 0 Å². The van der Waals surface area contributed by atoms with E-state index in [1.54, 1.807) is 18.3 Å². The topological polar surface area (TPSA) is 101 Å². The molecule has 6 nitrogen and oxygen atoms in total. The number of hydrogen-bond donors (Lipinski definition) is 3. The fourth-order valence-electron chi connectivity index (χ4n) is 1.16. The highest BCUT2D eigenvalue weighted by Crippen LogP contribution is 2.22. The SMILES string of the molecule is Nc1ncccc1C(O)c1cn[nH]n1. The summed E-state index contributed by atoms with van der Waals surface area (Å²) in [7, 11) is 0. The van der Waals surface area contributed by atoms with Crippen molar-refractivity contribution in [2.75, 3.05) is 5.73 Å². The average molecular weight is 191 g/mol. The van der Waals surface area contributed by atoms with Crippen LogP contribution in [0, 0.1) is 0 Å². The predicted octanol–water partition coefficient (Wildman–Crippen LogP) is -0.136. The lowest BCUT2D eigenvalue weighted by Crippen LogP contribution is -2.05. The van der Waals surface area contributed by atoms with Gasteiger partial charge in [-0.1, -0.05) is 6.07 Å². The fraction of sp³-hybridized carbons (Fsp3) is 0.125. The molecule has 0 aromatic carbocycles. The van der Waals surface area contributed by atoms with Gasteiger partial charge >= 0.3 is 0 Å². The van der Waals surface area contributed by atoms with Gasteiger partial charge in [0.15, 0.2) is 0 Å². The Labute approximate surface area is 79.8 Å². The normalized spacial score (nSPS) is 12.6. The Morgan fingerprint density at radius 1 is 1.50 bits per heavy atom. The maximum absolute atomic E-state index is 9.82. The molecule has 14 heavy (non-hydrogen) atoms. The van der Waals surface area contributed by atoms with Crippen LogP contribution in [0.4, 0.5) is 5.82 Å². The molecular formula is C8H9N5O. The first kappa shape index (κ1) is 8.64. The molecule has 2 heterocycles. The number of H-pyrrole nitrogens is 1. The summed E-state index contributed by atoms with van der Waals surface area (Å²) in [4.78, 5) is 3.87. The van der Waals surface area contributed by atoms with Crippen LogP contribution >= 0.6 is 0 Å². The van der Waals surface area contributed by atoms with Gasteiger partial charge in [0.25, 0.3) is 0 Å². The maximum atomic E-state index is 9.82. The fourth-order valence-corrected chi connectivity index (χ4v) is 1.16. The third kappa shape index (κ3) is 1.42. The van der Waals surface area contributed by atoms with Crippen LogP contribution in [0.15, 0.2) is 24.5 Å². The van der Waals surface area contributed by atoms with Crippen LogP contribution in [0.5, 0.6) is 0 Å². The minimum Gasteiger partial charge on any atom is -0.383 e. The van der Waals surface area contributed by atoms with Crippen LogP contribution in [-0.4, -0.2) is 25.5 Å². The first-order chi connectivity index (χ1) is 6.79. The Morgan fingerprint density at radius 3 is 3.00 bits per heavy atom. The minimum absolute atomic E-state index is 0.294. The Hall–Kier alpha value is -1.95. The molecule has 0 saturated carbocycles. The van der Waals surface area contributed by atoms with Crippen LogP contribution in [0.3, 0.4) is 0 Å². The summed E-state index contributed by atoms with van der Waals surface area (Å²) in [6.07, 6.45) is 2.12. The number of aromatic nitrogens is 4. The molecule has 0 radical (unpaired) electrons. The summed E-state index contributed by atoms with van der Waals surface area (Å²) in [6.45, 7) is 0. The Kier molecular flexibility index (Phi) is 2.11. The molecule has 0 aliphatic heterocycles. The second-order valence-electron chi connectivity index (χ2n) is 2.78. The number of nitrogens with two attached hydrogens (primary N) is 1. The second kappa shape index (κ2) is 3.43. The van der Waals surface area contributed by atoms with Crippen molar-refractivity contribution in [3.63, 3.8) is 0 Å². The van der Waals surface area contributed by atoms with E-state index in [0.29, 0.717) is 17.1 Å². The summed E-state index contributed by atoms with van der Waals surface area (Å²) in [5, 5.41) is 19.6. The maximum Gasteiger partial charge on any atom is 0.129 e. The summed E-state index contributed by atoms with van der Waals surface area (Å²) < 4.78 is 0. The van der Waals surface area contributed by atoms with Gasteiger partial charge in [0.05, 0.1) is 6.20 Å². The molecule has 1 atom stereocenters. The van der Waals surface area contributed by atoms with E-state index in [9.17, 15) is 5.11 Å². The van der Waals surface area contributed by atoms with E-state index in [-0.39, 0.29) is 0 Å². The van der Waals surface area contributed by atoms with E-state index in [1.165, 1.54) is 6.20 Å². The lowest BCUT2D eigenvalue weighted by Gasteiger charge is -2.08. The Bertz CT molecular complexity index is 413. The molecule has 0 fully saturated rings. The van der Waals surface area contributed by atoms with Crippen LogP contribution in [0.25, 0.3) is 0 Å². The quantitative estimate of drug-likeness (QED) is 0.613. The zero-order valence-corrected chi connectivity index (χ0v) is 7.25. The predicted molar refractivity (Wildman–Crippen MR) is 49.1 cm³/mol. The van der Waals surface area contributed by atoms with Gasteiger partial charge in [-0.25, -0.2) is 4.98 Å². The number of anilines is 1.